The molecule has 0 bridgehead atoms. The lowest BCUT2D eigenvalue weighted by Crippen LogP contribution is -2.65. The van der Waals surface area contributed by atoms with Crippen LogP contribution in [0, 0.1) is 5.41 Å². The van der Waals surface area contributed by atoms with Gasteiger partial charge in [0, 0.05) is 13.2 Å². The summed E-state index contributed by atoms with van der Waals surface area (Å²) in [5.74, 6) is -0.843. The van der Waals surface area contributed by atoms with Gasteiger partial charge in [-0.1, -0.05) is 6.42 Å². The molecule has 1 aromatic rings. The maximum absolute atomic E-state index is 12.4. The fourth-order valence-electron chi connectivity index (χ4n) is 2.56. The highest BCUT2D eigenvalue weighted by molar-refractivity contribution is 6.19. The van der Waals surface area contributed by atoms with Crippen LogP contribution in [0.2, 0.25) is 0 Å². The molecule has 100 valence electrons. The Labute approximate surface area is 109 Å². The second kappa shape index (κ2) is 3.91. The minimum atomic E-state index is -1.01. The van der Waals surface area contributed by atoms with E-state index < -0.39 is 23.3 Å². The van der Waals surface area contributed by atoms with Gasteiger partial charge in [0.1, 0.15) is 5.41 Å². The Bertz CT molecular complexity index is 573. The maximum Gasteiger partial charge on any atom is 0.331 e. The Kier molecular flexibility index (Phi) is 2.44. The summed E-state index contributed by atoms with van der Waals surface area (Å²) < 4.78 is 1.60. The Morgan fingerprint density at radius 2 is 2.11 bits per heavy atom. The molecule has 1 saturated heterocycles. The summed E-state index contributed by atoms with van der Waals surface area (Å²) in [5.41, 5.74) is -0.391. The average Bonchev–Trinajstić information content (AvgIpc) is 2.68. The first-order valence-corrected chi connectivity index (χ1v) is 6.19. The Hall–Kier alpha value is -2.18. The number of hydrogen-bond acceptors (Lipinski definition) is 4. The van der Waals surface area contributed by atoms with Crippen LogP contribution in [0.4, 0.5) is 4.79 Å². The molecule has 1 aliphatic heterocycles. The first-order valence-electron chi connectivity index (χ1n) is 6.19. The molecule has 1 aromatic heterocycles. The van der Waals surface area contributed by atoms with Gasteiger partial charge in [0.15, 0.2) is 0 Å². The highest BCUT2D eigenvalue weighted by Crippen LogP contribution is 2.44. The molecule has 3 rings (SSSR count). The minimum absolute atomic E-state index is 0.0978. The van der Waals surface area contributed by atoms with Gasteiger partial charge in [-0.2, -0.15) is 5.10 Å². The third-order valence-electron chi connectivity index (χ3n) is 3.85. The first kappa shape index (κ1) is 11.9. The number of carbonyl (C=O) groups is 3. The molecule has 1 saturated carbocycles. The number of nitrogens with one attached hydrogen (secondary N) is 1. The molecule has 1 aliphatic carbocycles. The number of hydrogen-bond donors (Lipinski definition) is 1. The number of nitrogens with zero attached hydrogens (tertiary/aromatic N) is 3. The van der Waals surface area contributed by atoms with Crippen molar-refractivity contribution in [2.75, 3.05) is 0 Å². The van der Waals surface area contributed by atoms with Gasteiger partial charge >= 0.3 is 6.03 Å². The molecule has 4 amide bonds. The molecule has 2 aliphatic rings. The molecule has 19 heavy (non-hydrogen) atoms. The lowest BCUT2D eigenvalue weighted by molar-refractivity contribution is -0.158. The average molecular weight is 262 g/mol. The number of amides is 4. The lowest BCUT2D eigenvalue weighted by Gasteiger charge is -2.44. The number of aromatic nitrogens is 2. The van der Waals surface area contributed by atoms with Crippen LogP contribution in [0.1, 0.15) is 25.0 Å². The van der Waals surface area contributed by atoms with Gasteiger partial charge in [0.2, 0.25) is 11.8 Å². The van der Waals surface area contributed by atoms with E-state index in [1.54, 1.807) is 24.0 Å². The number of urea groups is 1. The van der Waals surface area contributed by atoms with E-state index in [-0.39, 0.29) is 6.54 Å². The summed E-state index contributed by atoms with van der Waals surface area (Å²) in [6.07, 6.45) is 3.62. The third-order valence-corrected chi connectivity index (χ3v) is 3.85. The van der Waals surface area contributed by atoms with Gasteiger partial charge in [0.25, 0.3) is 0 Å². The molecule has 0 atom stereocenters. The Balaban J connectivity index is 1.85. The van der Waals surface area contributed by atoms with Crippen molar-refractivity contribution in [2.45, 2.75) is 25.8 Å². The largest absolute Gasteiger partial charge is 0.331 e. The van der Waals surface area contributed by atoms with Crippen molar-refractivity contribution in [3.63, 3.8) is 0 Å². The van der Waals surface area contributed by atoms with E-state index in [0.717, 1.165) is 11.3 Å². The molecule has 0 aromatic carbocycles. The number of aryl methyl sites for hydroxylation is 1. The predicted octanol–water partition coefficient (Wildman–Crippen LogP) is 0.169. The zero-order chi connectivity index (χ0) is 13.6. The van der Waals surface area contributed by atoms with Crippen LogP contribution in [0.15, 0.2) is 12.3 Å². The first-order chi connectivity index (χ1) is 9.03. The summed E-state index contributed by atoms with van der Waals surface area (Å²) in [5, 5.41) is 6.41. The van der Waals surface area contributed by atoms with E-state index in [1.165, 1.54) is 0 Å². The van der Waals surface area contributed by atoms with Crippen molar-refractivity contribution in [2.24, 2.45) is 12.5 Å². The highest BCUT2D eigenvalue weighted by Gasteiger charge is 2.57. The standard InChI is InChI=1S/C12H14N4O3/c1-15-6-3-8(14-15)7-16-10(18)12(4-2-5-12)9(17)13-11(16)19/h3,6H,2,4-5,7H2,1H3,(H,13,17,19). The molecule has 7 heteroatoms. The van der Waals surface area contributed by atoms with Gasteiger partial charge in [-0.25, -0.2) is 4.79 Å². The van der Waals surface area contributed by atoms with Crippen molar-refractivity contribution in [3.8, 4) is 0 Å². The van der Waals surface area contributed by atoms with Crippen LogP contribution in [0.25, 0.3) is 0 Å². The van der Waals surface area contributed by atoms with Crippen molar-refractivity contribution < 1.29 is 14.4 Å². The van der Waals surface area contributed by atoms with Crippen LogP contribution in [-0.4, -0.2) is 32.5 Å². The SMILES string of the molecule is Cn1ccc(CN2C(=O)NC(=O)C3(CCC3)C2=O)n1. The second-order valence-electron chi connectivity index (χ2n) is 5.07. The van der Waals surface area contributed by atoms with Crippen molar-refractivity contribution in [1.29, 1.82) is 0 Å². The van der Waals surface area contributed by atoms with E-state index in [1.807, 2.05) is 0 Å². The molecule has 2 fully saturated rings. The fraction of sp³-hybridized carbons (Fsp3) is 0.500. The van der Waals surface area contributed by atoms with Gasteiger partial charge in [-0.3, -0.25) is 24.5 Å². The molecule has 7 nitrogen and oxygen atoms in total. The minimum Gasteiger partial charge on any atom is -0.277 e. The predicted molar refractivity (Wildman–Crippen MR) is 63.6 cm³/mol. The van der Waals surface area contributed by atoms with Crippen LogP contribution in [0.5, 0.6) is 0 Å². The van der Waals surface area contributed by atoms with E-state index in [2.05, 4.69) is 10.4 Å². The number of carbonyl (C=O) groups excluding carboxylic acids is 3. The second-order valence-corrected chi connectivity index (χ2v) is 5.07. The quantitative estimate of drug-likeness (QED) is 0.770. The summed E-state index contributed by atoms with van der Waals surface area (Å²) in [6, 6.07) is 1.09. The van der Waals surface area contributed by atoms with Crippen LogP contribution in [0.3, 0.4) is 0 Å². The molecular formula is C12H14N4O3. The normalized spacial score (nSPS) is 21.5. The van der Waals surface area contributed by atoms with Crippen molar-refractivity contribution in [3.05, 3.63) is 18.0 Å². The van der Waals surface area contributed by atoms with Gasteiger partial charge in [-0.05, 0) is 18.9 Å². The van der Waals surface area contributed by atoms with Crippen LogP contribution in [-0.2, 0) is 23.2 Å². The fourth-order valence-corrected chi connectivity index (χ4v) is 2.56. The molecule has 1 N–H and O–H groups in total. The molecule has 0 unspecified atom stereocenters. The van der Waals surface area contributed by atoms with E-state index in [0.29, 0.717) is 18.5 Å². The van der Waals surface area contributed by atoms with E-state index >= 15 is 0 Å². The summed E-state index contributed by atoms with van der Waals surface area (Å²) in [7, 11) is 1.76. The third kappa shape index (κ3) is 1.65. The Morgan fingerprint density at radius 1 is 1.37 bits per heavy atom. The summed E-state index contributed by atoms with van der Waals surface area (Å²) >= 11 is 0. The van der Waals surface area contributed by atoms with E-state index in [4.69, 9.17) is 0 Å². The molecule has 0 radical (unpaired) electrons. The van der Waals surface area contributed by atoms with E-state index in [9.17, 15) is 14.4 Å². The zero-order valence-electron chi connectivity index (χ0n) is 10.5. The summed E-state index contributed by atoms with van der Waals surface area (Å²) in [4.78, 5) is 37.1. The Morgan fingerprint density at radius 3 is 2.63 bits per heavy atom. The zero-order valence-corrected chi connectivity index (χ0v) is 10.5. The van der Waals surface area contributed by atoms with Crippen molar-refractivity contribution >= 4 is 17.8 Å². The number of barbiturate groups is 1. The highest BCUT2D eigenvalue weighted by atomic mass is 16.2. The topological polar surface area (TPSA) is 84.3 Å². The number of rotatable bonds is 2. The van der Waals surface area contributed by atoms with Crippen molar-refractivity contribution in [1.82, 2.24) is 20.0 Å². The lowest BCUT2D eigenvalue weighted by atomic mass is 9.66. The van der Waals surface area contributed by atoms with Gasteiger partial charge < -0.3 is 0 Å². The monoisotopic (exact) mass is 262 g/mol. The van der Waals surface area contributed by atoms with Crippen LogP contribution >= 0.6 is 0 Å². The number of imide groups is 2. The molecule has 2 heterocycles. The maximum atomic E-state index is 12.4. The van der Waals surface area contributed by atoms with Gasteiger partial charge in [-0.15, -0.1) is 0 Å². The molecule has 1 spiro atoms. The smallest absolute Gasteiger partial charge is 0.277 e. The summed E-state index contributed by atoms with van der Waals surface area (Å²) in [6.45, 7) is 0.0978. The van der Waals surface area contributed by atoms with Crippen LogP contribution < -0.4 is 5.32 Å². The molecular weight excluding hydrogens is 248 g/mol. The van der Waals surface area contributed by atoms with Gasteiger partial charge in [0.05, 0.1) is 12.2 Å².